The van der Waals surface area contributed by atoms with Gasteiger partial charge in [0.25, 0.3) is 11.8 Å². The number of primary amides is 1. The van der Waals surface area contributed by atoms with Crippen LogP contribution in [0.1, 0.15) is 59.2 Å². The van der Waals surface area contributed by atoms with Crippen molar-refractivity contribution in [3.05, 3.63) is 58.1 Å². The first-order chi connectivity index (χ1) is 16.3. The molecule has 0 unspecified atom stereocenters. The summed E-state index contributed by atoms with van der Waals surface area (Å²) in [6.45, 7) is 0.259. The van der Waals surface area contributed by atoms with Gasteiger partial charge in [0.1, 0.15) is 0 Å². The molecule has 1 saturated carbocycles. The number of rotatable bonds is 7. The number of amides is 3. The summed E-state index contributed by atoms with van der Waals surface area (Å²) in [5, 5.41) is 2.83. The number of carbonyl (C=O) groups excluding carboxylic acids is 3. The highest BCUT2D eigenvalue weighted by Gasteiger charge is 2.24. The predicted octanol–water partition coefficient (Wildman–Crippen LogP) is 4.33. The Bertz CT molecular complexity index is 1230. The smallest absolute Gasteiger partial charge is 0.258 e. The molecular weight excluding hydrogens is 498 g/mol. The van der Waals surface area contributed by atoms with Crippen molar-refractivity contribution in [3.8, 4) is 0 Å². The number of carbonyl (C=O) groups is 3. The number of anilines is 1. The average molecular weight is 526 g/mol. The molecule has 0 aliphatic heterocycles. The quantitative estimate of drug-likeness (QED) is 0.478. The lowest BCUT2D eigenvalue weighted by Gasteiger charge is -2.31. The van der Waals surface area contributed by atoms with Gasteiger partial charge in [0, 0.05) is 41.7 Å². The van der Waals surface area contributed by atoms with Gasteiger partial charge in [-0.05, 0) is 49.2 Å². The van der Waals surface area contributed by atoms with Crippen LogP contribution >= 0.6 is 15.9 Å². The van der Waals surface area contributed by atoms with Crippen LogP contribution in [0.3, 0.4) is 0 Å². The molecule has 1 aliphatic carbocycles. The van der Waals surface area contributed by atoms with Crippen LogP contribution in [0, 0.1) is 0 Å². The molecule has 1 aliphatic rings. The fraction of sp³-hybridized carbons (Fsp3) is 0.360. The Hall–Kier alpha value is -3.20. The Kier molecular flexibility index (Phi) is 7.31. The van der Waals surface area contributed by atoms with E-state index in [1.165, 1.54) is 6.42 Å². The Balaban J connectivity index is 1.64. The van der Waals surface area contributed by atoms with Crippen LogP contribution in [0.15, 0.2) is 46.9 Å². The molecule has 0 spiro atoms. The molecule has 0 saturated heterocycles. The number of hydrogen-bond acceptors (Lipinski definition) is 4. The first kappa shape index (κ1) is 23.9. The van der Waals surface area contributed by atoms with Crippen LogP contribution in [0.5, 0.6) is 0 Å². The van der Waals surface area contributed by atoms with Gasteiger partial charge < -0.3 is 15.2 Å². The molecule has 1 fully saturated rings. The van der Waals surface area contributed by atoms with Crippen molar-refractivity contribution in [3.63, 3.8) is 0 Å². The Morgan fingerprint density at radius 1 is 1.12 bits per heavy atom. The number of halogens is 1. The minimum absolute atomic E-state index is 0.0415. The third kappa shape index (κ3) is 5.30. The molecule has 9 heteroatoms. The van der Waals surface area contributed by atoms with Crippen molar-refractivity contribution in [2.45, 2.75) is 51.1 Å². The molecular formula is C25H28BrN5O3. The summed E-state index contributed by atoms with van der Waals surface area (Å²) in [7, 11) is 1.86. The molecule has 1 aromatic heterocycles. The van der Waals surface area contributed by atoms with Crippen molar-refractivity contribution >= 4 is 50.6 Å². The summed E-state index contributed by atoms with van der Waals surface area (Å²) in [4.78, 5) is 43.8. The van der Waals surface area contributed by atoms with E-state index in [0.717, 1.165) is 30.2 Å². The zero-order chi connectivity index (χ0) is 24.2. The predicted molar refractivity (Wildman–Crippen MR) is 135 cm³/mol. The van der Waals surface area contributed by atoms with E-state index in [0.29, 0.717) is 28.1 Å². The highest BCUT2D eigenvalue weighted by atomic mass is 79.9. The van der Waals surface area contributed by atoms with Crippen molar-refractivity contribution in [1.29, 1.82) is 0 Å². The lowest BCUT2D eigenvalue weighted by Crippen LogP contribution is -2.38. The number of nitrogens with two attached hydrogens (primary N) is 1. The molecule has 1 heterocycles. The second-order valence-corrected chi connectivity index (χ2v) is 9.59. The normalized spacial score (nSPS) is 14.2. The van der Waals surface area contributed by atoms with Gasteiger partial charge in [0.15, 0.2) is 0 Å². The fourth-order valence-electron chi connectivity index (χ4n) is 4.45. The van der Waals surface area contributed by atoms with Crippen molar-refractivity contribution in [2.75, 3.05) is 12.4 Å². The third-order valence-corrected chi connectivity index (χ3v) is 6.83. The van der Waals surface area contributed by atoms with E-state index in [9.17, 15) is 14.4 Å². The highest BCUT2D eigenvalue weighted by Crippen LogP contribution is 2.26. The van der Waals surface area contributed by atoms with Crippen LogP contribution in [0.25, 0.3) is 11.0 Å². The topological polar surface area (TPSA) is 110 Å². The fourth-order valence-corrected chi connectivity index (χ4v) is 4.85. The number of aromatic nitrogens is 2. The maximum atomic E-state index is 13.1. The van der Waals surface area contributed by atoms with Crippen LogP contribution < -0.4 is 11.1 Å². The maximum absolute atomic E-state index is 13.1. The van der Waals surface area contributed by atoms with Crippen LogP contribution in [-0.4, -0.2) is 45.3 Å². The monoisotopic (exact) mass is 525 g/mol. The van der Waals surface area contributed by atoms with Gasteiger partial charge >= 0.3 is 0 Å². The summed E-state index contributed by atoms with van der Waals surface area (Å²) in [6, 6.07) is 12.6. The largest absolute Gasteiger partial charge is 0.370 e. The first-order valence-corrected chi connectivity index (χ1v) is 12.3. The standard InChI is InChI=1S/C25H28BrN5O3/c1-30(19-8-3-2-4-9-19)24(34)17-10-11-21-20(15-17)28-25(31(21)13-12-22(27)32)29-23(33)16-6-5-7-18(26)14-16/h5-7,10-11,14-15,19H,2-4,8-9,12-13H2,1H3,(H2,27,32)(H,28,29,33). The number of imidazole rings is 1. The zero-order valence-electron chi connectivity index (χ0n) is 19.1. The van der Waals surface area contributed by atoms with Gasteiger partial charge in [-0.25, -0.2) is 4.98 Å². The van der Waals surface area contributed by atoms with Gasteiger partial charge in [-0.3, -0.25) is 19.7 Å². The minimum Gasteiger partial charge on any atom is -0.370 e. The zero-order valence-corrected chi connectivity index (χ0v) is 20.7. The molecule has 3 amide bonds. The van der Waals surface area contributed by atoms with E-state index in [1.54, 1.807) is 41.0 Å². The summed E-state index contributed by atoms with van der Waals surface area (Å²) in [5.74, 6) is -0.524. The molecule has 34 heavy (non-hydrogen) atoms. The first-order valence-electron chi connectivity index (χ1n) is 11.5. The molecule has 178 valence electrons. The lowest BCUT2D eigenvalue weighted by molar-refractivity contribution is -0.118. The van der Waals surface area contributed by atoms with E-state index in [4.69, 9.17) is 5.73 Å². The molecule has 8 nitrogen and oxygen atoms in total. The van der Waals surface area contributed by atoms with Crippen LogP contribution in [0.2, 0.25) is 0 Å². The van der Waals surface area contributed by atoms with Crippen molar-refractivity contribution in [2.24, 2.45) is 5.73 Å². The van der Waals surface area contributed by atoms with Crippen LogP contribution in [0.4, 0.5) is 5.95 Å². The van der Waals surface area contributed by atoms with Gasteiger partial charge in [-0.2, -0.15) is 0 Å². The molecule has 0 radical (unpaired) electrons. The SMILES string of the molecule is CN(C(=O)c1ccc2c(c1)nc(NC(=O)c1cccc(Br)c1)n2CCC(N)=O)C1CCCCC1. The van der Waals surface area contributed by atoms with Crippen molar-refractivity contribution < 1.29 is 14.4 Å². The molecule has 3 N–H and O–H groups in total. The number of benzene rings is 2. The second kappa shape index (κ2) is 10.4. The van der Waals surface area contributed by atoms with E-state index in [2.05, 4.69) is 26.2 Å². The highest BCUT2D eigenvalue weighted by molar-refractivity contribution is 9.10. The Morgan fingerprint density at radius 2 is 1.88 bits per heavy atom. The number of aryl methyl sites for hydroxylation is 1. The number of nitrogens with zero attached hydrogens (tertiary/aromatic N) is 3. The average Bonchev–Trinajstić information content (AvgIpc) is 3.18. The molecule has 2 aromatic carbocycles. The molecule has 3 aromatic rings. The van der Waals surface area contributed by atoms with Crippen molar-refractivity contribution in [1.82, 2.24) is 14.5 Å². The minimum atomic E-state index is -0.452. The van der Waals surface area contributed by atoms with E-state index in [-0.39, 0.29) is 30.8 Å². The number of fused-ring (bicyclic) bond motifs is 1. The summed E-state index contributed by atoms with van der Waals surface area (Å²) in [5.41, 5.74) is 7.65. The lowest BCUT2D eigenvalue weighted by atomic mass is 9.94. The Labute approximate surface area is 206 Å². The van der Waals surface area contributed by atoms with Gasteiger partial charge in [-0.15, -0.1) is 0 Å². The number of nitrogens with one attached hydrogen (secondary N) is 1. The second-order valence-electron chi connectivity index (χ2n) is 8.68. The maximum Gasteiger partial charge on any atom is 0.258 e. The third-order valence-electron chi connectivity index (χ3n) is 6.33. The summed E-state index contributed by atoms with van der Waals surface area (Å²) < 4.78 is 2.53. The van der Waals surface area contributed by atoms with Gasteiger partial charge in [-0.1, -0.05) is 41.3 Å². The summed E-state index contributed by atoms with van der Waals surface area (Å²) in [6.07, 6.45) is 5.66. The summed E-state index contributed by atoms with van der Waals surface area (Å²) >= 11 is 3.37. The van der Waals surface area contributed by atoms with E-state index >= 15 is 0 Å². The van der Waals surface area contributed by atoms with Gasteiger partial charge in [0.2, 0.25) is 11.9 Å². The van der Waals surface area contributed by atoms with E-state index < -0.39 is 5.91 Å². The number of hydrogen-bond donors (Lipinski definition) is 2. The molecule has 0 bridgehead atoms. The van der Waals surface area contributed by atoms with Gasteiger partial charge in [0.05, 0.1) is 11.0 Å². The molecule has 0 atom stereocenters. The van der Waals surface area contributed by atoms with Crippen LogP contribution in [-0.2, 0) is 11.3 Å². The van der Waals surface area contributed by atoms with E-state index in [1.807, 2.05) is 18.0 Å². The Morgan fingerprint density at radius 3 is 2.59 bits per heavy atom. The molecule has 4 rings (SSSR count).